The van der Waals surface area contributed by atoms with Gasteiger partial charge in [-0.2, -0.15) is 0 Å². The van der Waals surface area contributed by atoms with Crippen LogP contribution in [-0.4, -0.2) is 33.2 Å². The van der Waals surface area contributed by atoms with Crippen molar-refractivity contribution >= 4 is 5.97 Å². The van der Waals surface area contributed by atoms with Gasteiger partial charge in [-0.25, -0.2) is 4.68 Å². The highest BCUT2D eigenvalue weighted by atomic mass is 16.5. The Labute approximate surface area is 101 Å². The topological polar surface area (TPSA) is 77.2 Å². The number of carboxylic acid groups (broad SMARTS) is 1. The summed E-state index contributed by atoms with van der Waals surface area (Å²) in [5, 5.41) is 16.8. The van der Waals surface area contributed by atoms with Crippen molar-refractivity contribution in [2.24, 2.45) is 0 Å². The molecule has 0 bridgehead atoms. The lowest BCUT2D eigenvalue weighted by Gasteiger charge is -2.15. The molecule has 17 heavy (non-hydrogen) atoms. The van der Waals surface area contributed by atoms with Gasteiger partial charge in [-0.3, -0.25) is 4.79 Å². The van der Waals surface area contributed by atoms with E-state index < -0.39 is 5.97 Å². The molecule has 0 saturated heterocycles. The van der Waals surface area contributed by atoms with E-state index in [0.717, 1.165) is 18.5 Å². The summed E-state index contributed by atoms with van der Waals surface area (Å²) in [6, 6.07) is 0.246. The predicted molar refractivity (Wildman–Crippen MR) is 61.7 cm³/mol. The third kappa shape index (κ3) is 3.26. The molecule has 0 aliphatic heterocycles. The number of carbonyl (C=O) groups is 1. The van der Waals surface area contributed by atoms with E-state index in [1.807, 2.05) is 0 Å². The molecule has 0 unspecified atom stereocenters. The van der Waals surface area contributed by atoms with E-state index in [9.17, 15) is 4.79 Å². The molecular formula is C11H19N3O3. The maximum Gasteiger partial charge on any atom is 0.309 e. The molecular weight excluding hydrogens is 222 g/mol. The summed E-state index contributed by atoms with van der Waals surface area (Å²) in [6.45, 7) is 4.48. The zero-order valence-corrected chi connectivity index (χ0v) is 10.5. The molecule has 1 rings (SSSR count). The molecule has 0 radical (unpaired) electrons. The van der Waals surface area contributed by atoms with E-state index in [2.05, 4.69) is 24.2 Å². The fourth-order valence-electron chi connectivity index (χ4n) is 1.84. The SMILES string of the molecule is CCC(CC)n1nnc(CC(=O)O)c1COC. The van der Waals surface area contributed by atoms with Crippen LogP contribution in [0.1, 0.15) is 44.1 Å². The lowest BCUT2D eigenvalue weighted by atomic mass is 10.1. The molecule has 0 saturated carbocycles. The number of ether oxygens (including phenoxy) is 1. The van der Waals surface area contributed by atoms with Crippen molar-refractivity contribution in [3.8, 4) is 0 Å². The van der Waals surface area contributed by atoms with Crippen molar-refractivity contribution < 1.29 is 14.6 Å². The molecule has 1 N–H and O–H groups in total. The minimum Gasteiger partial charge on any atom is -0.481 e. The molecule has 0 aliphatic carbocycles. The van der Waals surface area contributed by atoms with Crippen LogP contribution >= 0.6 is 0 Å². The van der Waals surface area contributed by atoms with Crippen molar-refractivity contribution in [3.63, 3.8) is 0 Å². The molecule has 1 aromatic heterocycles. The Balaban J connectivity index is 3.04. The van der Waals surface area contributed by atoms with Gasteiger partial charge in [0.05, 0.1) is 30.5 Å². The van der Waals surface area contributed by atoms with E-state index >= 15 is 0 Å². The van der Waals surface area contributed by atoms with Crippen molar-refractivity contribution in [2.75, 3.05) is 7.11 Å². The Kier molecular flexibility index (Phi) is 5.09. The quantitative estimate of drug-likeness (QED) is 0.781. The second-order valence-corrected chi connectivity index (χ2v) is 3.90. The standard InChI is InChI=1S/C11H19N3O3/c1-4-8(5-2)14-10(7-17-3)9(12-13-14)6-11(15)16/h8H,4-7H2,1-3H3,(H,15,16). The van der Waals surface area contributed by atoms with Gasteiger partial charge >= 0.3 is 5.97 Å². The zero-order chi connectivity index (χ0) is 12.8. The highest BCUT2D eigenvalue weighted by Crippen LogP contribution is 2.19. The van der Waals surface area contributed by atoms with Gasteiger partial charge in [0.2, 0.25) is 0 Å². The molecule has 1 heterocycles. The number of nitrogens with zero attached hydrogens (tertiary/aromatic N) is 3. The van der Waals surface area contributed by atoms with Crippen LogP contribution in [0.4, 0.5) is 0 Å². The Bertz CT molecular complexity index is 372. The average Bonchev–Trinajstić information content (AvgIpc) is 2.64. The van der Waals surface area contributed by atoms with Gasteiger partial charge in [-0.05, 0) is 12.8 Å². The fraction of sp³-hybridized carbons (Fsp3) is 0.727. The second-order valence-electron chi connectivity index (χ2n) is 3.90. The lowest BCUT2D eigenvalue weighted by molar-refractivity contribution is -0.136. The van der Waals surface area contributed by atoms with Gasteiger partial charge < -0.3 is 9.84 Å². The third-order valence-electron chi connectivity index (χ3n) is 2.76. The Morgan fingerprint density at radius 3 is 2.59 bits per heavy atom. The first-order chi connectivity index (χ1) is 8.13. The highest BCUT2D eigenvalue weighted by Gasteiger charge is 2.19. The van der Waals surface area contributed by atoms with Gasteiger partial charge in [0, 0.05) is 7.11 Å². The van der Waals surface area contributed by atoms with Crippen LogP contribution in [0.5, 0.6) is 0 Å². The zero-order valence-electron chi connectivity index (χ0n) is 10.5. The first kappa shape index (κ1) is 13.6. The summed E-state index contributed by atoms with van der Waals surface area (Å²) in [7, 11) is 1.58. The molecule has 0 aromatic carbocycles. The lowest BCUT2D eigenvalue weighted by Crippen LogP contribution is -2.14. The molecule has 1 aromatic rings. The molecule has 96 valence electrons. The molecule has 6 heteroatoms. The summed E-state index contributed by atoms with van der Waals surface area (Å²) >= 11 is 0. The largest absolute Gasteiger partial charge is 0.481 e. The Morgan fingerprint density at radius 1 is 1.47 bits per heavy atom. The summed E-state index contributed by atoms with van der Waals surface area (Å²) in [5.74, 6) is -0.904. The first-order valence-electron chi connectivity index (χ1n) is 5.77. The Morgan fingerprint density at radius 2 is 2.12 bits per heavy atom. The second kappa shape index (κ2) is 6.34. The summed E-state index contributed by atoms with van der Waals surface area (Å²) in [5.41, 5.74) is 1.26. The van der Waals surface area contributed by atoms with Crippen molar-refractivity contribution in [2.45, 2.75) is 45.8 Å². The van der Waals surface area contributed by atoms with Crippen LogP contribution in [-0.2, 0) is 22.6 Å². The van der Waals surface area contributed by atoms with E-state index in [1.165, 1.54) is 0 Å². The fourth-order valence-corrected chi connectivity index (χ4v) is 1.84. The normalized spacial score (nSPS) is 11.1. The third-order valence-corrected chi connectivity index (χ3v) is 2.76. The van der Waals surface area contributed by atoms with Crippen LogP contribution in [0.25, 0.3) is 0 Å². The van der Waals surface area contributed by atoms with Crippen molar-refractivity contribution in [1.82, 2.24) is 15.0 Å². The molecule has 0 fully saturated rings. The van der Waals surface area contributed by atoms with Crippen LogP contribution in [0, 0.1) is 0 Å². The van der Waals surface area contributed by atoms with Crippen molar-refractivity contribution in [1.29, 1.82) is 0 Å². The minimum atomic E-state index is -0.904. The van der Waals surface area contributed by atoms with E-state index in [1.54, 1.807) is 11.8 Å². The summed E-state index contributed by atoms with van der Waals surface area (Å²) in [6.07, 6.45) is 1.75. The number of aliphatic carboxylic acids is 1. The number of carboxylic acids is 1. The van der Waals surface area contributed by atoms with Crippen molar-refractivity contribution in [3.05, 3.63) is 11.4 Å². The van der Waals surface area contributed by atoms with E-state index in [-0.39, 0.29) is 12.5 Å². The molecule has 0 aliphatic rings. The van der Waals surface area contributed by atoms with Gasteiger partial charge in [0.1, 0.15) is 0 Å². The maximum atomic E-state index is 10.7. The summed E-state index contributed by atoms with van der Waals surface area (Å²) < 4.78 is 6.89. The van der Waals surface area contributed by atoms with Crippen LogP contribution < -0.4 is 0 Å². The van der Waals surface area contributed by atoms with E-state index in [0.29, 0.717) is 12.3 Å². The van der Waals surface area contributed by atoms with E-state index in [4.69, 9.17) is 9.84 Å². The molecule has 0 atom stereocenters. The minimum absolute atomic E-state index is 0.112. The van der Waals surface area contributed by atoms with Gasteiger partial charge in [-0.15, -0.1) is 5.10 Å². The number of rotatable bonds is 7. The van der Waals surface area contributed by atoms with Gasteiger partial charge in [-0.1, -0.05) is 19.1 Å². The summed E-state index contributed by atoms with van der Waals surface area (Å²) in [4.78, 5) is 10.7. The number of methoxy groups -OCH3 is 1. The smallest absolute Gasteiger partial charge is 0.309 e. The Hall–Kier alpha value is -1.43. The molecule has 0 amide bonds. The molecule has 6 nitrogen and oxygen atoms in total. The van der Waals surface area contributed by atoms with Crippen LogP contribution in [0.2, 0.25) is 0 Å². The first-order valence-corrected chi connectivity index (χ1v) is 5.77. The predicted octanol–water partition coefficient (Wildman–Crippen LogP) is 1.41. The monoisotopic (exact) mass is 241 g/mol. The van der Waals surface area contributed by atoms with Crippen LogP contribution in [0.15, 0.2) is 0 Å². The van der Waals surface area contributed by atoms with Crippen LogP contribution in [0.3, 0.4) is 0 Å². The van der Waals surface area contributed by atoms with Gasteiger partial charge in [0.25, 0.3) is 0 Å². The highest BCUT2D eigenvalue weighted by molar-refractivity contribution is 5.69. The number of hydrogen-bond acceptors (Lipinski definition) is 4. The molecule has 0 spiro atoms. The average molecular weight is 241 g/mol. The van der Waals surface area contributed by atoms with Gasteiger partial charge in [0.15, 0.2) is 0 Å². The maximum absolute atomic E-state index is 10.7. The number of aromatic nitrogens is 3. The number of hydrogen-bond donors (Lipinski definition) is 1.